The molecule has 2 heterocycles. The first-order valence-electron chi connectivity index (χ1n) is 7.01. The smallest absolute Gasteiger partial charge is 0.129 e. The standard InChI is InChI=1S/C15H23ClN2/c1-3-13-5-4-7-18(8-6-13)15-10-14(11-16)9-12(2)17-15/h9-10,13H,3-8,11H2,1-2H3. The van der Waals surface area contributed by atoms with E-state index in [0.29, 0.717) is 5.88 Å². The first kappa shape index (κ1) is 13.7. The third-order valence-electron chi connectivity index (χ3n) is 3.90. The number of alkyl halides is 1. The lowest BCUT2D eigenvalue weighted by Gasteiger charge is -2.22. The summed E-state index contributed by atoms with van der Waals surface area (Å²) in [4.78, 5) is 7.09. The summed E-state index contributed by atoms with van der Waals surface area (Å²) < 4.78 is 0. The minimum absolute atomic E-state index is 0.571. The third-order valence-corrected chi connectivity index (χ3v) is 4.21. The minimum Gasteiger partial charge on any atom is -0.357 e. The normalized spacial score (nSPS) is 20.8. The highest BCUT2D eigenvalue weighted by atomic mass is 35.5. The Morgan fingerprint density at radius 3 is 2.89 bits per heavy atom. The fourth-order valence-corrected chi connectivity index (χ4v) is 2.92. The Labute approximate surface area is 115 Å². The molecule has 2 nitrogen and oxygen atoms in total. The van der Waals surface area contributed by atoms with Crippen molar-refractivity contribution < 1.29 is 0 Å². The molecule has 18 heavy (non-hydrogen) atoms. The van der Waals surface area contributed by atoms with Gasteiger partial charge >= 0.3 is 0 Å². The molecule has 1 aliphatic heterocycles. The van der Waals surface area contributed by atoms with Crippen LogP contribution in [-0.4, -0.2) is 18.1 Å². The van der Waals surface area contributed by atoms with Crippen LogP contribution in [0, 0.1) is 12.8 Å². The number of halogens is 1. The highest BCUT2D eigenvalue weighted by Crippen LogP contribution is 2.24. The van der Waals surface area contributed by atoms with Crippen molar-refractivity contribution in [2.75, 3.05) is 18.0 Å². The summed E-state index contributed by atoms with van der Waals surface area (Å²) in [5, 5.41) is 0. The zero-order valence-electron chi connectivity index (χ0n) is 11.5. The number of pyridine rings is 1. The number of hydrogen-bond acceptors (Lipinski definition) is 2. The number of aromatic nitrogens is 1. The maximum atomic E-state index is 5.94. The molecule has 0 spiro atoms. The lowest BCUT2D eigenvalue weighted by atomic mass is 9.98. The van der Waals surface area contributed by atoms with E-state index < -0.39 is 0 Å². The molecule has 0 aliphatic carbocycles. The number of hydrogen-bond donors (Lipinski definition) is 0. The molecule has 100 valence electrons. The van der Waals surface area contributed by atoms with Gasteiger partial charge in [0.15, 0.2) is 0 Å². The van der Waals surface area contributed by atoms with Crippen LogP contribution in [0.5, 0.6) is 0 Å². The SMILES string of the molecule is CCC1CCCN(c2cc(CCl)cc(C)n2)CC1. The fraction of sp³-hybridized carbons (Fsp3) is 0.667. The van der Waals surface area contributed by atoms with Gasteiger partial charge in [0, 0.05) is 24.7 Å². The summed E-state index contributed by atoms with van der Waals surface area (Å²) in [5.41, 5.74) is 2.25. The molecule has 1 atom stereocenters. The van der Waals surface area contributed by atoms with E-state index in [2.05, 4.69) is 28.9 Å². The molecule has 1 aromatic rings. The van der Waals surface area contributed by atoms with Gasteiger partial charge in [0.2, 0.25) is 0 Å². The van der Waals surface area contributed by atoms with Gasteiger partial charge in [0.1, 0.15) is 5.82 Å². The van der Waals surface area contributed by atoms with Crippen LogP contribution < -0.4 is 4.90 Å². The molecule has 0 saturated carbocycles. The predicted molar refractivity (Wildman–Crippen MR) is 78.4 cm³/mol. The van der Waals surface area contributed by atoms with Crippen LogP contribution in [0.25, 0.3) is 0 Å². The summed E-state index contributed by atoms with van der Waals surface area (Å²) in [6.45, 7) is 6.62. The molecule has 1 unspecified atom stereocenters. The second-order valence-electron chi connectivity index (χ2n) is 5.30. The zero-order chi connectivity index (χ0) is 13.0. The number of anilines is 1. The molecule has 0 amide bonds. The van der Waals surface area contributed by atoms with Crippen LogP contribution >= 0.6 is 11.6 Å². The first-order valence-corrected chi connectivity index (χ1v) is 7.55. The molecule has 1 aromatic heterocycles. The molecular formula is C15H23ClN2. The van der Waals surface area contributed by atoms with Crippen molar-refractivity contribution in [3.63, 3.8) is 0 Å². The third kappa shape index (κ3) is 3.38. The highest BCUT2D eigenvalue weighted by molar-refractivity contribution is 6.17. The van der Waals surface area contributed by atoms with E-state index >= 15 is 0 Å². The van der Waals surface area contributed by atoms with Gasteiger partial charge in [-0.1, -0.05) is 13.3 Å². The molecule has 3 heteroatoms. The lowest BCUT2D eigenvalue weighted by molar-refractivity contribution is 0.459. The van der Waals surface area contributed by atoms with Gasteiger partial charge in [-0.15, -0.1) is 11.6 Å². The Morgan fingerprint density at radius 2 is 2.17 bits per heavy atom. The Bertz CT molecular complexity index is 392. The predicted octanol–water partition coefficient (Wildman–Crippen LogP) is 4.15. The maximum absolute atomic E-state index is 5.94. The second kappa shape index (κ2) is 6.42. The molecule has 0 bridgehead atoms. The van der Waals surface area contributed by atoms with Crippen molar-refractivity contribution >= 4 is 17.4 Å². The second-order valence-corrected chi connectivity index (χ2v) is 5.57. The summed E-state index contributed by atoms with van der Waals surface area (Å²) in [6.07, 6.45) is 5.25. The monoisotopic (exact) mass is 266 g/mol. The molecule has 1 aliphatic rings. The Balaban J connectivity index is 2.13. The fourth-order valence-electron chi connectivity index (χ4n) is 2.76. The number of aryl methyl sites for hydroxylation is 1. The van der Waals surface area contributed by atoms with Gasteiger partial charge in [-0.25, -0.2) is 4.98 Å². The van der Waals surface area contributed by atoms with E-state index in [9.17, 15) is 0 Å². The van der Waals surface area contributed by atoms with E-state index in [4.69, 9.17) is 11.6 Å². The summed E-state index contributed by atoms with van der Waals surface area (Å²) in [5.74, 6) is 2.58. The summed E-state index contributed by atoms with van der Waals surface area (Å²) >= 11 is 5.94. The molecule has 2 rings (SSSR count). The van der Waals surface area contributed by atoms with Gasteiger partial charge in [0.25, 0.3) is 0 Å². The highest BCUT2D eigenvalue weighted by Gasteiger charge is 2.17. The van der Waals surface area contributed by atoms with Crippen LogP contribution in [0.15, 0.2) is 12.1 Å². The van der Waals surface area contributed by atoms with Gasteiger partial charge in [0.05, 0.1) is 0 Å². The molecule has 0 aromatic carbocycles. The Hall–Kier alpha value is -0.760. The van der Waals surface area contributed by atoms with Crippen molar-refractivity contribution in [2.24, 2.45) is 5.92 Å². The van der Waals surface area contributed by atoms with Crippen LogP contribution in [0.2, 0.25) is 0 Å². The van der Waals surface area contributed by atoms with Crippen LogP contribution in [0.1, 0.15) is 43.9 Å². The van der Waals surface area contributed by atoms with Gasteiger partial charge in [-0.05, 0) is 49.8 Å². The molecule has 0 radical (unpaired) electrons. The number of nitrogens with zero attached hydrogens (tertiary/aromatic N) is 2. The van der Waals surface area contributed by atoms with Gasteiger partial charge < -0.3 is 4.90 Å². The zero-order valence-corrected chi connectivity index (χ0v) is 12.2. The van der Waals surface area contributed by atoms with Crippen molar-refractivity contribution in [1.82, 2.24) is 4.98 Å². The Kier molecular flexibility index (Phi) is 4.87. The number of rotatable bonds is 3. The largest absolute Gasteiger partial charge is 0.357 e. The summed E-state index contributed by atoms with van der Waals surface area (Å²) in [6, 6.07) is 4.22. The van der Waals surface area contributed by atoms with Crippen molar-refractivity contribution in [3.8, 4) is 0 Å². The van der Waals surface area contributed by atoms with E-state index in [1.54, 1.807) is 0 Å². The average molecular weight is 267 g/mol. The maximum Gasteiger partial charge on any atom is 0.129 e. The molecule has 1 saturated heterocycles. The van der Waals surface area contributed by atoms with E-state index in [1.165, 1.54) is 31.2 Å². The van der Waals surface area contributed by atoms with Gasteiger partial charge in [-0.2, -0.15) is 0 Å². The van der Waals surface area contributed by atoms with E-state index in [1.807, 2.05) is 6.92 Å². The van der Waals surface area contributed by atoms with E-state index in [-0.39, 0.29) is 0 Å². The van der Waals surface area contributed by atoms with Crippen LogP contribution in [0.3, 0.4) is 0 Å². The van der Waals surface area contributed by atoms with Crippen LogP contribution in [0.4, 0.5) is 5.82 Å². The topological polar surface area (TPSA) is 16.1 Å². The molecular weight excluding hydrogens is 244 g/mol. The van der Waals surface area contributed by atoms with Crippen LogP contribution in [-0.2, 0) is 5.88 Å². The molecule has 0 N–H and O–H groups in total. The van der Waals surface area contributed by atoms with Crippen molar-refractivity contribution in [2.45, 2.75) is 45.4 Å². The molecule has 1 fully saturated rings. The Morgan fingerprint density at radius 1 is 1.33 bits per heavy atom. The average Bonchev–Trinajstić information content (AvgIpc) is 2.63. The first-order chi connectivity index (χ1) is 8.72. The van der Waals surface area contributed by atoms with Crippen molar-refractivity contribution in [3.05, 3.63) is 23.4 Å². The minimum atomic E-state index is 0.571. The van der Waals surface area contributed by atoms with Gasteiger partial charge in [-0.3, -0.25) is 0 Å². The lowest BCUT2D eigenvalue weighted by Crippen LogP contribution is -2.25. The summed E-state index contributed by atoms with van der Waals surface area (Å²) in [7, 11) is 0. The van der Waals surface area contributed by atoms with Crippen molar-refractivity contribution in [1.29, 1.82) is 0 Å². The quantitative estimate of drug-likeness (QED) is 0.765. The van der Waals surface area contributed by atoms with E-state index in [0.717, 1.165) is 30.5 Å².